The number of rotatable bonds is 5. The van der Waals surface area contributed by atoms with Crippen LogP contribution in [-0.4, -0.2) is 24.1 Å². The van der Waals surface area contributed by atoms with Crippen molar-refractivity contribution in [3.8, 4) is 22.0 Å². The Morgan fingerprint density at radius 3 is 2.44 bits per heavy atom. The predicted molar refractivity (Wildman–Crippen MR) is 118 cm³/mol. The van der Waals surface area contributed by atoms with E-state index in [-0.39, 0.29) is 0 Å². The summed E-state index contributed by atoms with van der Waals surface area (Å²) in [5.41, 5.74) is 2.70. The second-order valence-corrected chi connectivity index (χ2v) is 8.16. The van der Waals surface area contributed by atoms with Crippen LogP contribution in [0.1, 0.15) is 18.3 Å². The maximum absolute atomic E-state index is 12.9. The zero-order valence-electron chi connectivity index (χ0n) is 17.0. The van der Waals surface area contributed by atoms with Crippen LogP contribution in [0, 0.1) is 0 Å². The average molecular weight is 453 g/mol. The van der Waals surface area contributed by atoms with Crippen LogP contribution >= 0.6 is 11.3 Å². The average Bonchev–Trinajstić information content (AvgIpc) is 3.52. The number of imidazole rings is 2. The van der Waals surface area contributed by atoms with Crippen LogP contribution < -0.4 is 0 Å². The quantitative estimate of drug-likeness (QED) is 0.323. The number of hydrogen-bond donors (Lipinski definition) is 0. The minimum Gasteiger partial charge on any atom is -0.327 e. The Morgan fingerprint density at radius 1 is 0.969 bits per heavy atom. The summed E-state index contributed by atoms with van der Waals surface area (Å²) in [4.78, 5) is 13.6. The third kappa shape index (κ3) is 3.69. The zero-order valence-corrected chi connectivity index (χ0v) is 17.9. The highest BCUT2D eigenvalue weighted by Gasteiger charge is 2.30. The molecule has 0 bridgehead atoms. The number of fused-ring (bicyclic) bond motifs is 1. The lowest BCUT2D eigenvalue weighted by Gasteiger charge is -2.10. The molecule has 2 aromatic carbocycles. The van der Waals surface area contributed by atoms with Gasteiger partial charge >= 0.3 is 6.18 Å². The number of aromatic nitrogens is 5. The van der Waals surface area contributed by atoms with Gasteiger partial charge in [-0.25, -0.2) is 15.0 Å². The lowest BCUT2D eigenvalue weighted by atomic mass is 10.0. The number of halogens is 3. The predicted octanol–water partition coefficient (Wildman–Crippen LogP) is 6.11. The first-order valence-electron chi connectivity index (χ1n) is 10.0. The van der Waals surface area contributed by atoms with E-state index in [0.717, 1.165) is 50.9 Å². The van der Waals surface area contributed by atoms with Gasteiger partial charge in [0.25, 0.3) is 0 Å². The van der Waals surface area contributed by atoms with Gasteiger partial charge in [-0.2, -0.15) is 13.2 Å². The highest BCUT2D eigenvalue weighted by atomic mass is 32.1. The molecule has 0 aliphatic rings. The molecule has 162 valence electrons. The molecule has 0 spiro atoms. The lowest BCUT2D eigenvalue weighted by molar-refractivity contribution is -0.137. The van der Waals surface area contributed by atoms with E-state index in [1.807, 2.05) is 41.3 Å². The van der Waals surface area contributed by atoms with Crippen LogP contribution in [0.5, 0.6) is 0 Å². The summed E-state index contributed by atoms with van der Waals surface area (Å²) < 4.78 is 42.8. The van der Waals surface area contributed by atoms with Gasteiger partial charge in [0.05, 0.1) is 23.1 Å². The Bertz CT molecular complexity index is 1370. The maximum atomic E-state index is 12.9. The summed E-state index contributed by atoms with van der Waals surface area (Å²) >= 11 is 1.53. The number of nitrogens with zero attached hydrogens (tertiary/aromatic N) is 5. The van der Waals surface area contributed by atoms with E-state index in [2.05, 4.69) is 14.5 Å². The molecule has 32 heavy (non-hydrogen) atoms. The standard InChI is InChI=1S/C23H18F3N5S/c1-2-31-19-13-16(15-3-6-17(7-4-15)23(24,25)26)5-8-18(19)29-20(31)14-30-11-9-27-21(30)22-28-10-12-32-22/h3-13H,2,14H2,1H3. The topological polar surface area (TPSA) is 48.5 Å². The van der Waals surface area contributed by atoms with E-state index in [1.165, 1.54) is 23.5 Å². The van der Waals surface area contributed by atoms with Gasteiger partial charge in [-0.3, -0.25) is 0 Å². The fraction of sp³-hybridized carbons (Fsp3) is 0.174. The molecule has 3 aromatic heterocycles. The van der Waals surface area contributed by atoms with E-state index >= 15 is 0 Å². The number of benzene rings is 2. The molecule has 0 saturated carbocycles. The summed E-state index contributed by atoms with van der Waals surface area (Å²) in [5.74, 6) is 1.67. The molecule has 5 rings (SSSR count). The number of alkyl halides is 3. The second kappa shape index (κ2) is 7.90. The number of thiazole rings is 1. The maximum Gasteiger partial charge on any atom is 0.416 e. The Kier molecular flexibility index (Phi) is 5.05. The van der Waals surface area contributed by atoms with Crippen molar-refractivity contribution < 1.29 is 13.2 Å². The Morgan fingerprint density at radius 2 is 1.75 bits per heavy atom. The van der Waals surface area contributed by atoms with Gasteiger partial charge in [0, 0.05) is 30.5 Å². The van der Waals surface area contributed by atoms with Gasteiger partial charge in [-0.15, -0.1) is 11.3 Å². The van der Waals surface area contributed by atoms with E-state index in [9.17, 15) is 13.2 Å². The summed E-state index contributed by atoms with van der Waals surface area (Å²) in [6.45, 7) is 3.29. The third-order valence-electron chi connectivity index (χ3n) is 5.34. The number of aryl methyl sites for hydroxylation is 1. The summed E-state index contributed by atoms with van der Waals surface area (Å²) in [6.07, 6.45) is 1.06. The van der Waals surface area contributed by atoms with E-state index in [4.69, 9.17) is 4.98 Å². The van der Waals surface area contributed by atoms with Crippen LogP contribution in [0.3, 0.4) is 0 Å². The smallest absolute Gasteiger partial charge is 0.327 e. The molecule has 5 aromatic rings. The molecule has 0 amide bonds. The largest absolute Gasteiger partial charge is 0.416 e. The summed E-state index contributed by atoms with van der Waals surface area (Å²) in [5, 5.41) is 2.76. The van der Waals surface area contributed by atoms with Crippen LogP contribution in [-0.2, 0) is 19.3 Å². The highest BCUT2D eigenvalue weighted by Crippen LogP contribution is 2.32. The van der Waals surface area contributed by atoms with Crippen LogP contribution in [0.4, 0.5) is 13.2 Å². The van der Waals surface area contributed by atoms with Gasteiger partial charge in [-0.1, -0.05) is 18.2 Å². The molecule has 0 aliphatic carbocycles. The van der Waals surface area contributed by atoms with E-state index in [1.54, 1.807) is 12.4 Å². The van der Waals surface area contributed by atoms with Gasteiger partial charge < -0.3 is 9.13 Å². The molecule has 9 heteroatoms. The van der Waals surface area contributed by atoms with Gasteiger partial charge in [0.1, 0.15) is 5.82 Å². The van der Waals surface area contributed by atoms with Crippen molar-refractivity contribution in [3.05, 3.63) is 77.8 Å². The molecule has 0 radical (unpaired) electrons. The van der Waals surface area contributed by atoms with Gasteiger partial charge in [0.15, 0.2) is 10.8 Å². The molecule has 0 saturated heterocycles. The first kappa shape index (κ1) is 20.4. The fourth-order valence-electron chi connectivity index (χ4n) is 3.80. The monoisotopic (exact) mass is 453 g/mol. The second-order valence-electron chi connectivity index (χ2n) is 7.27. The first-order chi connectivity index (χ1) is 15.4. The fourth-order valence-corrected chi connectivity index (χ4v) is 4.45. The van der Waals surface area contributed by atoms with Gasteiger partial charge in [0.2, 0.25) is 0 Å². The first-order valence-corrected chi connectivity index (χ1v) is 10.9. The SMILES string of the molecule is CCn1c(Cn2ccnc2-c2nccs2)nc2ccc(-c3ccc(C(F)(F)F)cc3)cc21. The van der Waals surface area contributed by atoms with Crippen molar-refractivity contribution in [2.24, 2.45) is 0 Å². The minimum atomic E-state index is -4.34. The normalized spacial score (nSPS) is 12.0. The molecule has 0 aliphatic heterocycles. The van der Waals surface area contributed by atoms with Crippen molar-refractivity contribution in [1.82, 2.24) is 24.1 Å². The van der Waals surface area contributed by atoms with Crippen molar-refractivity contribution in [1.29, 1.82) is 0 Å². The van der Waals surface area contributed by atoms with Crippen LogP contribution in [0.15, 0.2) is 66.4 Å². The van der Waals surface area contributed by atoms with E-state index in [0.29, 0.717) is 13.1 Å². The minimum absolute atomic E-state index is 0.535. The Balaban J connectivity index is 1.51. The van der Waals surface area contributed by atoms with Gasteiger partial charge in [-0.05, 0) is 42.3 Å². The third-order valence-corrected chi connectivity index (χ3v) is 6.11. The Hall–Kier alpha value is -3.46. The van der Waals surface area contributed by atoms with Crippen molar-refractivity contribution in [2.75, 3.05) is 0 Å². The molecule has 5 nitrogen and oxygen atoms in total. The van der Waals surface area contributed by atoms with Crippen LogP contribution in [0.25, 0.3) is 33.0 Å². The highest BCUT2D eigenvalue weighted by molar-refractivity contribution is 7.13. The molecule has 0 unspecified atom stereocenters. The van der Waals surface area contributed by atoms with Crippen molar-refractivity contribution in [2.45, 2.75) is 26.2 Å². The lowest BCUT2D eigenvalue weighted by Crippen LogP contribution is -2.08. The van der Waals surface area contributed by atoms with Crippen molar-refractivity contribution >= 4 is 22.4 Å². The Labute approximate surface area is 185 Å². The van der Waals surface area contributed by atoms with Crippen molar-refractivity contribution in [3.63, 3.8) is 0 Å². The molecule has 0 N–H and O–H groups in total. The van der Waals surface area contributed by atoms with Crippen LogP contribution in [0.2, 0.25) is 0 Å². The molecule has 0 fully saturated rings. The number of hydrogen-bond acceptors (Lipinski definition) is 4. The molecular weight excluding hydrogens is 435 g/mol. The summed E-state index contributed by atoms with van der Waals surface area (Å²) in [6, 6.07) is 11.0. The zero-order chi connectivity index (χ0) is 22.3. The van der Waals surface area contributed by atoms with E-state index < -0.39 is 11.7 Å². The molecule has 0 atom stereocenters. The molecular formula is C23H18F3N5S. The summed E-state index contributed by atoms with van der Waals surface area (Å²) in [7, 11) is 0. The molecule has 3 heterocycles.